The molecule has 2 N–H and O–H groups in total. The van der Waals surface area contributed by atoms with Gasteiger partial charge in [-0.05, 0) is 25.4 Å². The van der Waals surface area contributed by atoms with Crippen LogP contribution < -0.4 is 10.6 Å². The van der Waals surface area contributed by atoms with Crippen molar-refractivity contribution in [3.8, 4) is 0 Å². The van der Waals surface area contributed by atoms with Crippen LogP contribution in [0.3, 0.4) is 0 Å². The fourth-order valence-electron chi connectivity index (χ4n) is 1.14. The number of nitrogens with one attached hydrogen (secondary N) is 2. The van der Waals surface area contributed by atoms with E-state index in [9.17, 15) is 0 Å². The Balaban J connectivity index is 0. The van der Waals surface area contributed by atoms with E-state index in [4.69, 9.17) is 4.74 Å². The molecule has 0 radical (unpaired) electrons. The lowest BCUT2D eigenvalue weighted by Crippen LogP contribution is -2.44. The van der Waals surface area contributed by atoms with Gasteiger partial charge in [-0.25, -0.2) is 0 Å². The van der Waals surface area contributed by atoms with Crippen LogP contribution in [0.2, 0.25) is 0 Å². The second-order valence-corrected chi connectivity index (χ2v) is 4.33. The van der Waals surface area contributed by atoms with Crippen molar-refractivity contribution in [2.24, 2.45) is 4.99 Å². The molecule has 98 valence electrons. The minimum Gasteiger partial charge on any atom is -0.383 e. The van der Waals surface area contributed by atoms with Gasteiger partial charge in [0.25, 0.3) is 0 Å². The lowest BCUT2D eigenvalue weighted by Gasteiger charge is -2.16. The number of methoxy groups -OCH3 is 1. The molecule has 0 aliphatic heterocycles. The summed E-state index contributed by atoms with van der Waals surface area (Å²) in [6.07, 6.45) is 3.27. The van der Waals surface area contributed by atoms with Crippen molar-refractivity contribution in [2.45, 2.75) is 19.4 Å². The van der Waals surface area contributed by atoms with E-state index in [1.807, 2.05) is 11.8 Å². The number of rotatable bonds is 7. The van der Waals surface area contributed by atoms with E-state index in [1.54, 1.807) is 14.2 Å². The first-order chi connectivity index (χ1) is 7.24. The molecule has 0 aromatic heterocycles. The number of aliphatic imine (C=N–C) groups is 1. The summed E-state index contributed by atoms with van der Waals surface area (Å²) in [6, 6.07) is 0.279. The van der Waals surface area contributed by atoms with Gasteiger partial charge in [0, 0.05) is 26.7 Å². The van der Waals surface area contributed by atoms with E-state index in [1.165, 1.54) is 5.75 Å². The van der Waals surface area contributed by atoms with Gasteiger partial charge in [-0.2, -0.15) is 11.8 Å². The van der Waals surface area contributed by atoms with Crippen molar-refractivity contribution >= 4 is 41.7 Å². The Labute approximate surface area is 120 Å². The molecule has 1 atom stereocenters. The van der Waals surface area contributed by atoms with Crippen molar-refractivity contribution < 1.29 is 4.74 Å². The number of nitrogens with zero attached hydrogens (tertiary/aromatic N) is 1. The quantitative estimate of drug-likeness (QED) is 0.313. The summed E-state index contributed by atoms with van der Waals surface area (Å²) < 4.78 is 5.04. The van der Waals surface area contributed by atoms with Crippen LogP contribution in [0.25, 0.3) is 0 Å². The number of ether oxygens (including phenoxy) is 1. The molecule has 0 heterocycles. The van der Waals surface area contributed by atoms with E-state index >= 15 is 0 Å². The Morgan fingerprint density at radius 1 is 1.50 bits per heavy atom. The summed E-state index contributed by atoms with van der Waals surface area (Å²) in [6.45, 7) is 3.71. The molecule has 0 saturated heterocycles. The normalized spacial score (nSPS) is 12.9. The van der Waals surface area contributed by atoms with Gasteiger partial charge in [0.2, 0.25) is 0 Å². The Morgan fingerprint density at radius 3 is 2.69 bits per heavy atom. The smallest absolute Gasteiger partial charge is 0.191 e. The molecule has 0 aromatic rings. The van der Waals surface area contributed by atoms with Crippen LogP contribution in [0, 0.1) is 0 Å². The minimum absolute atomic E-state index is 0. The molecule has 0 amide bonds. The molecule has 0 aliphatic carbocycles. The van der Waals surface area contributed by atoms with Crippen LogP contribution in [0.15, 0.2) is 4.99 Å². The van der Waals surface area contributed by atoms with Crippen molar-refractivity contribution in [1.82, 2.24) is 10.6 Å². The van der Waals surface area contributed by atoms with E-state index in [0.29, 0.717) is 6.61 Å². The van der Waals surface area contributed by atoms with Gasteiger partial charge < -0.3 is 15.4 Å². The van der Waals surface area contributed by atoms with E-state index in [2.05, 4.69) is 28.8 Å². The van der Waals surface area contributed by atoms with Gasteiger partial charge in [0.05, 0.1) is 6.61 Å². The largest absolute Gasteiger partial charge is 0.383 e. The highest BCUT2D eigenvalue weighted by molar-refractivity contribution is 14.0. The highest BCUT2D eigenvalue weighted by atomic mass is 127. The maximum absolute atomic E-state index is 5.04. The second-order valence-electron chi connectivity index (χ2n) is 3.35. The molecule has 0 spiro atoms. The topological polar surface area (TPSA) is 45.7 Å². The molecule has 0 aliphatic rings. The fourth-order valence-corrected chi connectivity index (χ4v) is 1.58. The molecular weight excluding hydrogens is 337 g/mol. The van der Waals surface area contributed by atoms with Crippen LogP contribution in [-0.2, 0) is 4.74 Å². The van der Waals surface area contributed by atoms with E-state index < -0.39 is 0 Å². The molecule has 0 rings (SSSR count). The molecule has 16 heavy (non-hydrogen) atoms. The number of thioether (sulfide) groups is 1. The van der Waals surface area contributed by atoms with Crippen LogP contribution in [0.1, 0.15) is 13.3 Å². The predicted molar refractivity (Wildman–Crippen MR) is 84.2 cm³/mol. The summed E-state index contributed by atoms with van der Waals surface area (Å²) in [4.78, 5) is 4.14. The van der Waals surface area contributed by atoms with Gasteiger partial charge in [0.15, 0.2) is 5.96 Å². The fraction of sp³-hybridized carbons (Fsp3) is 0.900. The monoisotopic (exact) mass is 361 g/mol. The number of hydrogen-bond acceptors (Lipinski definition) is 3. The minimum atomic E-state index is 0. The Morgan fingerprint density at radius 2 is 2.19 bits per heavy atom. The van der Waals surface area contributed by atoms with Gasteiger partial charge >= 0.3 is 0 Å². The first-order valence-corrected chi connectivity index (χ1v) is 6.59. The lowest BCUT2D eigenvalue weighted by atomic mass is 10.4. The Bertz CT molecular complexity index is 181. The molecule has 0 bridgehead atoms. The molecule has 0 fully saturated rings. The number of guanidine groups is 1. The third kappa shape index (κ3) is 10.8. The van der Waals surface area contributed by atoms with E-state index in [-0.39, 0.29) is 30.0 Å². The average Bonchev–Trinajstić information content (AvgIpc) is 2.23. The molecule has 1 unspecified atom stereocenters. The van der Waals surface area contributed by atoms with Crippen LogP contribution in [0.5, 0.6) is 0 Å². The Hall–Kier alpha value is 0.310. The van der Waals surface area contributed by atoms with Crippen LogP contribution >= 0.6 is 35.7 Å². The third-order valence-corrected chi connectivity index (χ3v) is 2.54. The number of halogens is 1. The van der Waals surface area contributed by atoms with Gasteiger partial charge in [-0.1, -0.05) is 0 Å². The zero-order chi connectivity index (χ0) is 11.5. The van der Waals surface area contributed by atoms with Crippen LogP contribution in [0.4, 0.5) is 0 Å². The van der Waals surface area contributed by atoms with Gasteiger partial charge in [-0.15, -0.1) is 24.0 Å². The van der Waals surface area contributed by atoms with E-state index in [0.717, 1.165) is 18.9 Å². The zero-order valence-corrected chi connectivity index (χ0v) is 13.7. The SMILES string of the molecule is CN=C(NCCCSC)NC(C)COC.I. The summed E-state index contributed by atoms with van der Waals surface area (Å²) in [7, 11) is 3.48. The lowest BCUT2D eigenvalue weighted by molar-refractivity contribution is 0.179. The summed E-state index contributed by atoms with van der Waals surface area (Å²) in [5.74, 6) is 2.03. The molecule has 6 heteroatoms. The maximum Gasteiger partial charge on any atom is 0.191 e. The molecule has 0 aromatic carbocycles. The summed E-state index contributed by atoms with van der Waals surface area (Å²) in [5, 5.41) is 6.52. The van der Waals surface area contributed by atoms with Gasteiger partial charge in [-0.3, -0.25) is 4.99 Å². The molecular formula is C10H24IN3OS. The predicted octanol–water partition coefficient (Wildman–Crippen LogP) is 1.56. The second kappa shape index (κ2) is 13.4. The van der Waals surface area contributed by atoms with Crippen molar-refractivity contribution in [1.29, 1.82) is 0 Å². The highest BCUT2D eigenvalue weighted by Crippen LogP contribution is 1.93. The summed E-state index contributed by atoms with van der Waals surface area (Å²) in [5.41, 5.74) is 0. The van der Waals surface area contributed by atoms with Gasteiger partial charge in [0.1, 0.15) is 0 Å². The molecule has 4 nitrogen and oxygen atoms in total. The van der Waals surface area contributed by atoms with Crippen LogP contribution in [-0.4, -0.2) is 51.3 Å². The first-order valence-electron chi connectivity index (χ1n) is 5.19. The Kier molecular flexibility index (Phi) is 15.6. The third-order valence-electron chi connectivity index (χ3n) is 1.84. The number of hydrogen-bond donors (Lipinski definition) is 2. The average molecular weight is 361 g/mol. The maximum atomic E-state index is 5.04. The highest BCUT2D eigenvalue weighted by Gasteiger charge is 2.03. The summed E-state index contributed by atoms with van der Waals surface area (Å²) >= 11 is 1.86. The van der Waals surface area contributed by atoms with Crippen molar-refractivity contribution in [2.75, 3.05) is 39.3 Å². The van der Waals surface area contributed by atoms with Crippen molar-refractivity contribution in [3.05, 3.63) is 0 Å². The standard InChI is InChI=1S/C10H23N3OS.HI/c1-9(8-14-3)13-10(11-2)12-6-5-7-15-4;/h9H,5-8H2,1-4H3,(H2,11,12,13);1H. The zero-order valence-electron chi connectivity index (χ0n) is 10.6. The first kappa shape index (κ1) is 18.7. The molecule has 0 saturated carbocycles. The van der Waals surface area contributed by atoms with Crippen molar-refractivity contribution in [3.63, 3.8) is 0 Å².